The van der Waals surface area contributed by atoms with Crippen molar-refractivity contribution in [1.29, 1.82) is 0 Å². The molecule has 6 nitrogen and oxygen atoms in total. The maximum absolute atomic E-state index is 12.2. The first kappa shape index (κ1) is 23.2. The lowest BCUT2D eigenvalue weighted by molar-refractivity contribution is 0.0853. The lowest BCUT2D eigenvalue weighted by atomic mass is 9.85. The van der Waals surface area contributed by atoms with Gasteiger partial charge in [-0.1, -0.05) is 66.2 Å². The van der Waals surface area contributed by atoms with Crippen molar-refractivity contribution in [2.45, 2.75) is 17.2 Å². The number of aromatic nitrogens is 2. The molecule has 1 atom stereocenters. The molecule has 0 bridgehead atoms. The zero-order chi connectivity index (χ0) is 23.6. The summed E-state index contributed by atoms with van der Waals surface area (Å²) in [6, 6.07) is 22.6. The van der Waals surface area contributed by atoms with Crippen LogP contribution < -0.4 is 0 Å². The van der Waals surface area contributed by atoms with E-state index in [4.69, 9.17) is 16.3 Å². The van der Waals surface area contributed by atoms with Crippen molar-refractivity contribution in [1.82, 2.24) is 9.55 Å². The molecule has 1 aromatic heterocycles. The number of rotatable bonds is 7. The molecule has 1 heterocycles. The smallest absolute Gasteiger partial charge is 0.175 e. The van der Waals surface area contributed by atoms with Crippen LogP contribution in [0.3, 0.4) is 0 Å². The van der Waals surface area contributed by atoms with E-state index < -0.39 is 15.4 Å². The van der Waals surface area contributed by atoms with Crippen LogP contribution in [0.5, 0.6) is 0 Å². The van der Waals surface area contributed by atoms with Gasteiger partial charge in [0.25, 0.3) is 0 Å². The van der Waals surface area contributed by atoms with Gasteiger partial charge < -0.3 is 14.4 Å². The van der Waals surface area contributed by atoms with E-state index in [0.717, 1.165) is 17.5 Å². The number of methoxy groups -OCH3 is 1. The summed E-state index contributed by atoms with van der Waals surface area (Å²) in [6.45, 7) is 0.143. The van der Waals surface area contributed by atoms with Crippen molar-refractivity contribution in [2.75, 3.05) is 13.4 Å². The van der Waals surface area contributed by atoms with E-state index in [9.17, 15) is 13.5 Å². The van der Waals surface area contributed by atoms with E-state index in [1.54, 1.807) is 54.3 Å². The van der Waals surface area contributed by atoms with Crippen molar-refractivity contribution < 1.29 is 18.3 Å². The maximum Gasteiger partial charge on any atom is 0.175 e. The molecule has 1 N–H and O–H groups in total. The highest BCUT2D eigenvalue weighted by Gasteiger charge is 2.39. The van der Waals surface area contributed by atoms with Gasteiger partial charge in [-0.05, 0) is 41.0 Å². The zero-order valence-electron chi connectivity index (χ0n) is 18.1. The van der Waals surface area contributed by atoms with Crippen LogP contribution in [0.4, 0.5) is 0 Å². The second kappa shape index (κ2) is 9.11. The molecule has 33 heavy (non-hydrogen) atoms. The first-order valence-electron chi connectivity index (χ1n) is 10.1. The Balaban J connectivity index is 1.95. The summed E-state index contributed by atoms with van der Waals surface area (Å²) in [4.78, 5) is 4.78. The van der Waals surface area contributed by atoms with Crippen molar-refractivity contribution >= 4 is 21.4 Å². The molecular weight excluding hydrogens is 460 g/mol. The number of aliphatic hydroxyl groups is 1. The Morgan fingerprint density at radius 3 is 2.15 bits per heavy atom. The van der Waals surface area contributed by atoms with Crippen molar-refractivity contribution in [3.63, 3.8) is 0 Å². The van der Waals surface area contributed by atoms with E-state index in [1.807, 2.05) is 30.3 Å². The van der Waals surface area contributed by atoms with Gasteiger partial charge in [-0.25, -0.2) is 13.4 Å². The van der Waals surface area contributed by atoms with Crippen LogP contribution in [-0.2, 0) is 26.9 Å². The van der Waals surface area contributed by atoms with Gasteiger partial charge in [-0.15, -0.1) is 0 Å². The number of hydrogen-bond donors (Lipinski definition) is 1. The molecule has 0 radical (unpaired) electrons. The number of benzene rings is 3. The first-order valence-corrected chi connectivity index (χ1v) is 12.4. The maximum atomic E-state index is 12.2. The second-order valence-electron chi connectivity index (χ2n) is 7.69. The number of halogens is 1. The van der Waals surface area contributed by atoms with Crippen LogP contribution in [-0.4, -0.2) is 36.4 Å². The third-order valence-corrected chi connectivity index (χ3v) is 6.85. The van der Waals surface area contributed by atoms with Gasteiger partial charge in [-0.3, -0.25) is 0 Å². The molecule has 0 aliphatic heterocycles. The summed E-state index contributed by atoms with van der Waals surface area (Å²) < 4.78 is 31.1. The van der Waals surface area contributed by atoms with Crippen molar-refractivity contribution in [3.05, 3.63) is 107 Å². The minimum atomic E-state index is -3.38. The van der Waals surface area contributed by atoms with E-state index in [1.165, 1.54) is 12.1 Å². The molecule has 1 unspecified atom stereocenters. The summed E-state index contributed by atoms with van der Waals surface area (Å²) in [5.74, 6) is 0.340. The van der Waals surface area contributed by atoms with E-state index in [-0.39, 0.29) is 11.6 Å². The number of ether oxygens (including phenoxy) is 1. The zero-order valence-corrected chi connectivity index (χ0v) is 19.7. The van der Waals surface area contributed by atoms with Crippen molar-refractivity contribution in [3.8, 4) is 11.3 Å². The molecule has 0 aliphatic rings. The van der Waals surface area contributed by atoms with Gasteiger partial charge >= 0.3 is 0 Å². The molecule has 4 aromatic rings. The number of sulfone groups is 1. The van der Waals surface area contributed by atoms with Crippen LogP contribution in [0.15, 0.2) is 90.0 Å². The summed E-state index contributed by atoms with van der Waals surface area (Å²) in [5, 5.41) is 12.8. The summed E-state index contributed by atoms with van der Waals surface area (Å²) in [6.07, 6.45) is 2.82. The Morgan fingerprint density at radius 1 is 0.970 bits per heavy atom. The molecular formula is C25H23ClN2O4S. The van der Waals surface area contributed by atoms with Gasteiger partial charge in [0, 0.05) is 18.4 Å². The summed E-state index contributed by atoms with van der Waals surface area (Å²) in [5.41, 5.74) is 0.999. The highest BCUT2D eigenvalue weighted by atomic mass is 35.5. The predicted molar refractivity (Wildman–Crippen MR) is 128 cm³/mol. The van der Waals surface area contributed by atoms with Gasteiger partial charge in [0.15, 0.2) is 21.3 Å². The fourth-order valence-electron chi connectivity index (χ4n) is 3.82. The van der Waals surface area contributed by atoms with Gasteiger partial charge in [-0.2, -0.15) is 0 Å². The van der Waals surface area contributed by atoms with Crippen LogP contribution in [0.25, 0.3) is 11.3 Å². The Labute approximate surface area is 198 Å². The lowest BCUT2D eigenvalue weighted by Gasteiger charge is -2.30. The summed E-state index contributed by atoms with van der Waals surface area (Å²) in [7, 11) is -1.81. The Morgan fingerprint density at radius 2 is 1.58 bits per heavy atom. The van der Waals surface area contributed by atoms with E-state index >= 15 is 0 Å². The van der Waals surface area contributed by atoms with Crippen LogP contribution >= 0.6 is 11.6 Å². The SMILES string of the molecule is COCn1c(-c2ccc(Cl)cc2)cnc1C(O)(c1ccccc1)c1ccc(S(C)(=O)=O)cc1. The van der Waals surface area contributed by atoms with Crippen molar-refractivity contribution in [2.24, 2.45) is 0 Å². The first-order chi connectivity index (χ1) is 15.7. The molecule has 0 saturated heterocycles. The Bertz CT molecular complexity index is 1350. The highest BCUT2D eigenvalue weighted by Crippen LogP contribution is 2.38. The fraction of sp³-hybridized carbons (Fsp3) is 0.160. The highest BCUT2D eigenvalue weighted by molar-refractivity contribution is 7.90. The van der Waals surface area contributed by atoms with E-state index in [2.05, 4.69) is 4.98 Å². The number of nitrogens with zero attached hydrogens (tertiary/aromatic N) is 2. The quantitative estimate of drug-likeness (QED) is 0.419. The minimum absolute atomic E-state index is 0.143. The molecule has 0 amide bonds. The normalized spacial score (nSPS) is 13.6. The average molecular weight is 483 g/mol. The topological polar surface area (TPSA) is 81.4 Å². The molecule has 170 valence electrons. The lowest BCUT2D eigenvalue weighted by Crippen LogP contribution is -2.33. The molecule has 8 heteroatoms. The number of hydrogen-bond acceptors (Lipinski definition) is 5. The monoisotopic (exact) mass is 482 g/mol. The minimum Gasteiger partial charge on any atom is -0.373 e. The molecule has 0 saturated carbocycles. The molecule has 0 spiro atoms. The average Bonchev–Trinajstić information content (AvgIpc) is 3.23. The third-order valence-electron chi connectivity index (χ3n) is 5.47. The largest absolute Gasteiger partial charge is 0.373 e. The molecule has 3 aromatic carbocycles. The molecule has 0 fully saturated rings. The Kier molecular flexibility index (Phi) is 6.41. The Hall–Kier alpha value is -2.97. The second-order valence-corrected chi connectivity index (χ2v) is 10.1. The molecule has 4 rings (SSSR count). The number of imidazole rings is 1. The molecule has 0 aliphatic carbocycles. The third kappa shape index (κ3) is 4.45. The van der Waals surface area contributed by atoms with Gasteiger partial charge in [0.2, 0.25) is 0 Å². The van der Waals surface area contributed by atoms with Crippen LogP contribution in [0, 0.1) is 0 Å². The fourth-order valence-corrected chi connectivity index (χ4v) is 4.58. The van der Waals surface area contributed by atoms with Crippen LogP contribution in [0.2, 0.25) is 5.02 Å². The van der Waals surface area contributed by atoms with Gasteiger partial charge in [0.05, 0.1) is 16.8 Å². The summed E-state index contributed by atoms with van der Waals surface area (Å²) >= 11 is 6.05. The van der Waals surface area contributed by atoms with Gasteiger partial charge in [0.1, 0.15) is 6.73 Å². The predicted octanol–water partition coefficient (Wildman–Crippen LogP) is 4.50. The van der Waals surface area contributed by atoms with Crippen LogP contribution in [0.1, 0.15) is 17.0 Å². The standard InChI is InChI=1S/C25H23ClN2O4S/c1-32-17-28-23(18-8-12-21(26)13-9-18)16-27-24(28)25(29,19-6-4-3-5-7-19)20-10-14-22(15-11-20)33(2,30)31/h3-16,29H,17H2,1-2H3. The van der Waals surface area contributed by atoms with E-state index in [0.29, 0.717) is 22.0 Å².